The summed E-state index contributed by atoms with van der Waals surface area (Å²) in [6.45, 7) is 3.18. The summed E-state index contributed by atoms with van der Waals surface area (Å²) in [5.74, 6) is 1.67. The van der Waals surface area contributed by atoms with E-state index in [-0.39, 0.29) is 5.82 Å². The number of halogens is 1. The topological polar surface area (TPSA) is 12.0 Å². The van der Waals surface area contributed by atoms with Gasteiger partial charge in [-0.2, -0.15) is 0 Å². The first-order valence-electron chi connectivity index (χ1n) is 7.52. The number of benzene rings is 1. The Morgan fingerprint density at radius 2 is 2.21 bits per heavy atom. The molecule has 0 heterocycles. The molecule has 2 saturated carbocycles. The van der Waals surface area contributed by atoms with Crippen LogP contribution < -0.4 is 5.32 Å². The van der Waals surface area contributed by atoms with Crippen LogP contribution in [0.4, 0.5) is 4.39 Å². The highest BCUT2D eigenvalue weighted by molar-refractivity contribution is 5.28. The lowest BCUT2D eigenvalue weighted by atomic mass is 9.69. The van der Waals surface area contributed by atoms with Gasteiger partial charge in [0.2, 0.25) is 0 Å². The van der Waals surface area contributed by atoms with Crippen LogP contribution in [-0.2, 0) is 6.42 Å². The molecule has 1 aromatic rings. The van der Waals surface area contributed by atoms with Gasteiger partial charge in [0.1, 0.15) is 5.82 Å². The monoisotopic (exact) mass is 261 g/mol. The third-order valence-corrected chi connectivity index (χ3v) is 5.48. The molecular weight excluding hydrogens is 237 g/mol. The molecule has 2 aliphatic rings. The molecule has 3 rings (SSSR count). The van der Waals surface area contributed by atoms with Crippen LogP contribution in [0.25, 0.3) is 0 Å². The van der Waals surface area contributed by atoms with E-state index in [9.17, 15) is 4.39 Å². The first-order chi connectivity index (χ1) is 9.13. The van der Waals surface area contributed by atoms with Crippen molar-refractivity contribution in [1.82, 2.24) is 5.32 Å². The van der Waals surface area contributed by atoms with Crippen LogP contribution in [0.2, 0.25) is 0 Å². The smallest absolute Gasteiger partial charge is 0.123 e. The van der Waals surface area contributed by atoms with Gasteiger partial charge in [-0.05, 0) is 80.2 Å². The molecule has 1 nitrogen and oxygen atoms in total. The number of nitrogens with one attached hydrogen (secondary N) is 1. The first-order valence-corrected chi connectivity index (χ1v) is 7.52. The molecule has 0 aromatic heterocycles. The lowest BCUT2D eigenvalue weighted by Gasteiger charge is -2.38. The average molecular weight is 261 g/mol. The lowest BCUT2D eigenvalue weighted by molar-refractivity contribution is 0.159. The lowest BCUT2D eigenvalue weighted by Crippen LogP contribution is -2.39. The highest BCUT2D eigenvalue weighted by Crippen LogP contribution is 2.57. The molecule has 0 radical (unpaired) electrons. The van der Waals surface area contributed by atoms with E-state index in [1.807, 2.05) is 13.1 Å². The van der Waals surface area contributed by atoms with Gasteiger partial charge >= 0.3 is 0 Å². The zero-order valence-electron chi connectivity index (χ0n) is 12.0. The summed E-state index contributed by atoms with van der Waals surface area (Å²) < 4.78 is 13.5. The van der Waals surface area contributed by atoms with Gasteiger partial charge in [0.15, 0.2) is 0 Å². The number of rotatable bonds is 4. The molecule has 2 bridgehead atoms. The Morgan fingerprint density at radius 1 is 1.37 bits per heavy atom. The van der Waals surface area contributed by atoms with E-state index in [1.165, 1.54) is 36.8 Å². The fourth-order valence-corrected chi connectivity index (χ4v) is 4.62. The summed E-state index contributed by atoms with van der Waals surface area (Å²) in [4.78, 5) is 0. The van der Waals surface area contributed by atoms with Crippen LogP contribution in [0.1, 0.15) is 36.8 Å². The van der Waals surface area contributed by atoms with Crippen molar-refractivity contribution in [3.63, 3.8) is 0 Å². The molecule has 104 valence electrons. The Bertz CT molecular complexity index is 470. The van der Waals surface area contributed by atoms with Crippen molar-refractivity contribution in [2.75, 3.05) is 13.6 Å². The van der Waals surface area contributed by atoms with Crippen molar-refractivity contribution in [2.45, 2.75) is 39.0 Å². The molecule has 0 aliphatic heterocycles. The van der Waals surface area contributed by atoms with Crippen molar-refractivity contribution in [3.05, 3.63) is 35.1 Å². The molecule has 1 aromatic carbocycles. The van der Waals surface area contributed by atoms with Gasteiger partial charge in [-0.15, -0.1) is 0 Å². The standard InChI is InChI=1S/C17H24FN/c1-12-3-6-16(18)8-14(12)10-17(11-19-2)9-13-4-5-15(17)7-13/h3,6,8,13,15,19H,4-5,7,9-11H2,1-2H3. The maximum atomic E-state index is 13.5. The molecule has 3 atom stereocenters. The summed E-state index contributed by atoms with van der Waals surface area (Å²) in [5.41, 5.74) is 2.82. The summed E-state index contributed by atoms with van der Waals surface area (Å²) in [5, 5.41) is 3.40. The molecule has 2 aliphatic carbocycles. The minimum atomic E-state index is -0.0941. The predicted molar refractivity (Wildman–Crippen MR) is 76.6 cm³/mol. The second-order valence-corrected chi connectivity index (χ2v) is 6.72. The van der Waals surface area contributed by atoms with Crippen LogP contribution in [0.3, 0.4) is 0 Å². The predicted octanol–water partition coefficient (Wildman–Crippen LogP) is 3.70. The number of hydrogen-bond donors (Lipinski definition) is 1. The highest BCUT2D eigenvalue weighted by Gasteiger charge is 2.50. The van der Waals surface area contributed by atoms with Crippen LogP contribution in [0.15, 0.2) is 18.2 Å². The molecule has 0 spiro atoms. The van der Waals surface area contributed by atoms with Gasteiger partial charge < -0.3 is 5.32 Å². The third kappa shape index (κ3) is 2.31. The Labute approximate surface area is 115 Å². The fourth-order valence-electron chi connectivity index (χ4n) is 4.62. The normalized spacial score (nSPS) is 33.0. The summed E-state index contributed by atoms with van der Waals surface area (Å²) >= 11 is 0. The minimum absolute atomic E-state index is 0.0941. The second kappa shape index (κ2) is 4.90. The zero-order valence-corrected chi connectivity index (χ0v) is 12.0. The SMILES string of the molecule is CNCC1(Cc2cc(F)ccc2C)CC2CCC1C2. The summed E-state index contributed by atoms with van der Waals surface area (Å²) in [7, 11) is 2.05. The maximum absolute atomic E-state index is 13.5. The number of fused-ring (bicyclic) bond motifs is 2. The van der Waals surface area contributed by atoms with Gasteiger partial charge in [-0.1, -0.05) is 12.5 Å². The molecule has 2 fully saturated rings. The second-order valence-electron chi connectivity index (χ2n) is 6.72. The molecule has 2 heteroatoms. The Balaban J connectivity index is 1.88. The van der Waals surface area contributed by atoms with Crippen LogP contribution in [0.5, 0.6) is 0 Å². The van der Waals surface area contributed by atoms with Crippen molar-refractivity contribution in [3.8, 4) is 0 Å². The first kappa shape index (κ1) is 13.1. The Morgan fingerprint density at radius 3 is 2.84 bits per heavy atom. The third-order valence-electron chi connectivity index (χ3n) is 5.48. The summed E-state index contributed by atoms with van der Waals surface area (Å²) in [6.07, 6.45) is 6.56. The van der Waals surface area contributed by atoms with Gasteiger partial charge in [-0.25, -0.2) is 4.39 Å². The largest absolute Gasteiger partial charge is 0.319 e. The number of aryl methyl sites for hydroxylation is 1. The molecule has 1 N–H and O–H groups in total. The van der Waals surface area contributed by atoms with E-state index in [0.29, 0.717) is 5.41 Å². The average Bonchev–Trinajstić information content (AvgIpc) is 2.95. The Hall–Kier alpha value is -0.890. The minimum Gasteiger partial charge on any atom is -0.319 e. The number of hydrogen-bond acceptors (Lipinski definition) is 1. The van der Waals surface area contributed by atoms with Crippen LogP contribution >= 0.6 is 0 Å². The zero-order chi connectivity index (χ0) is 13.5. The molecule has 19 heavy (non-hydrogen) atoms. The highest BCUT2D eigenvalue weighted by atomic mass is 19.1. The van der Waals surface area contributed by atoms with E-state index in [4.69, 9.17) is 0 Å². The Kier molecular flexibility index (Phi) is 3.38. The summed E-state index contributed by atoms with van der Waals surface area (Å²) in [6, 6.07) is 5.24. The van der Waals surface area contributed by atoms with E-state index in [1.54, 1.807) is 12.1 Å². The molecule has 0 saturated heterocycles. The maximum Gasteiger partial charge on any atom is 0.123 e. The van der Waals surface area contributed by atoms with Gasteiger partial charge in [0.05, 0.1) is 0 Å². The van der Waals surface area contributed by atoms with Gasteiger partial charge in [0, 0.05) is 6.54 Å². The molecular formula is C17H24FN. The van der Waals surface area contributed by atoms with Gasteiger partial charge in [0.25, 0.3) is 0 Å². The quantitative estimate of drug-likeness (QED) is 0.871. The van der Waals surface area contributed by atoms with Crippen molar-refractivity contribution in [1.29, 1.82) is 0 Å². The van der Waals surface area contributed by atoms with Crippen molar-refractivity contribution >= 4 is 0 Å². The van der Waals surface area contributed by atoms with E-state index in [0.717, 1.165) is 24.8 Å². The van der Waals surface area contributed by atoms with Crippen molar-refractivity contribution < 1.29 is 4.39 Å². The van der Waals surface area contributed by atoms with E-state index in [2.05, 4.69) is 12.2 Å². The fraction of sp³-hybridized carbons (Fsp3) is 0.647. The van der Waals surface area contributed by atoms with Crippen molar-refractivity contribution in [2.24, 2.45) is 17.3 Å². The van der Waals surface area contributed by atoms with Crippen LogP contribution in [0, 0.1) is 30.0 Å². The van der Waals surface area contributed by atoms with Crippen LogP contribution in [-0.4, -0.2) is 13.6 Å². The molecule has 3 unspecified atom stereocenters. The molecule has 0 amide bonds. The van der Waals surface area contributed by atoms with E-state index >= 15 is 0 Å². The van der Waals surface area contributed by atoms with Gasteiger partial charge in [-0.3, -0.25) is 0 Å². The van der Waals surface area contributed by atoms with E-state index < -0.39 is 0 Å².